The van der Waals surface area contributed by atoms with Gasteiger partial charge in [-0.05, 0) is 30.5 Å². The van der Waals surface area contributed by atoms with Crippen molar-refractivity contribution in [1.82, 2.24) is 5.32 Å². The Kier molecular flexibility index (Phi) is 3.95. The van der Waals surface area contributed by atoms with Crippen LogP contribution in [0.15, 0.2) is 12.1 Å². The molecule has 1 N–H and O–H groups in total. The summed E-state index contributed by atoms with van der Waals surface area (Å²) in [6.45, 7) is 5.24. The molecule has 1 aliphatic heterocycles. The van der Waals surface area contributed by atoms with E-state index >= 15 is 0 Å². The summed E-state index contributed by atoms with van der Waals surface area (Å²) in [6, 6.07) is 5.35. The molecule has 1 fully saturated rings. The second-order valence-electron chi connectivity index (χ2n) is 4.58. The van der Waals surface area contributed by atoms with E-state index < -0.39 is 5.82 Å². The third-order valence-electron chi connectivity index (χ3n) is 3.50. The molecule has 3 nitrogen and oxygen atoms in total. The first kappa shape index (κ1) is 13.0. The largest absolute Gasteiger partial charge is 0.371 e. The Hall–Kier alpha value is -1.44. The van der Waals surface area contributed by atoms with Crippen LogP contribution < -0.4 is 5.32 Å². The van der Waals surface area contributed by atoms with Gasteiger partial charge in [0.05, 0.1) is 18.3 Å². The third-order valence-corrected chi connectivity index (χ3v) is 3.50. The molecule has 0 spiro atoms. The summed E-state index contributed by atoms with van der Waals surface area (Å²) in [5.74, 6) is -0.464. The minimum Gasteiger partial charge on any atom is -0.371 e. The van der Waals surface area contributed by atoms with Crippen molar-refractivity contribution in [3.63, 3.8) is 0 Å². The fourth-order valence-electron chi connectivity index (χ4n) is 2.27. The summed E-state index contributed by atoms with van der Waals surface area (Å²) in [5.41, 5.74) is 1.70. The van der Waals surface area contributed by atoms with Crippen molar-refractivity contribution in [2.75, 3.05) is 13.2 Å². The van der Waals surface area contributed by atoms with Gasteiger partial charge in [-0.15, -0.1) is 0 Å². The van der Waals surface area contributed by atoms with Crippen LogP contribution in [0.25, 0.3) is 0 Å². The third kappa shape index (κ3) is 2.38. The van der Waals surface area contributed by atoms with E-state index in [4.69, 9.17) is 10.00 Å². The molecule has 0 amide bonds. The van der Waals surface area contributed by atoms with Gasteiger partial charge in [-0.3, -0.25) is 0 Å². The van der Waals surface area contributed by atoms with E-state index in [1.54, 1.807) is 13.0 Å². The van der Waals surface area contributed by atoms with Crippen LogP contribution in [0.1, 0.15) is 36.1 Å². The van der Waals surface area contributed by atoms with Gasteiger partial charge in [0.1, 0.15) is 11.9 Å². The number of nitrogens with one attached hydrogen (secondary N) is 1. The lowest BCUT2D eigenvalue weighted by molar-refractivity contribution is 0.00185. The Balaban J connectivity index is 2.23. The van der Waals surface area contributed by atoms with Crippen LogP contribution in [-0.4, -0.2) is 19.2 Å². The van der Waals surface area contributed by atoms with Gasteiger partial charge in [0.2, 0.25) is 0 Å². The summed E-state index contributed by atoms with van der Waals surface area (Å²) in [5, 5.41) is 12.4. The average Bonchev–Trinajstić information content (AvgIpc) is 2.40. The molecule has 0 aromatic heterocycles. The number of hydrogen-bond acceptors (Lipinski definition) is 3. The normalized spacial score (nSPS) is 23.7. The lowest BCUT2D eigenvalue weighted by Crippen LogP contribution is -2.42. The smallest absolute Gasteiger partial charge is 0.141 e. The molecule has 0 bridgehead atoms. The first-order valence-corrected chi connectivity index (χ1v) is 6.21. The Morgan fingerprint density at radius 2 is 2.33 bits per heavy atom. The van der Waals surface area contributed by atoms with Crippen molar-refractivity contribution < 1.29 is 9.13 Å². The molecule has 2 rings (SSSR count). The zero-order valence-electron chi connectivity index (χ0n) is 10.7. The number of morpholine rings is 1. The maximum absolute atomic E-state index is 13.4. The van der Waals surface area contributed by atoms with Crippen LogP contribution in [0.5, 0.6) is 0 Å². The summed E-state index contributed by atoms with van der Waals surface area (Å²) in [6.07, 6.45) is 0.930. The highest BCUT2D eigenvalue weighted by molar-refractivity contribution is 5.44. The quantitative estimate of drug-likeness (QED) is 0.874. The maximum Gasteiger partial charge on any atom is 0.141 e. The molecule has 1 aromatic rings. The van der Waals surface area contributed by atoms with Gasteiger partial charge in [0.25, 0.3) is 0 Å². The van der Waals surface area contributed by atoms with E-state index in [2.05, 4.69) is 12.2 Å². The highest BCUT2D eigenvalue weighted by atomic mass is 19.1. The van der Waals surface area contributed by atoms with E-state index in [1.807, 2.05) is 6.07 Å². The molecule has 0 aliphatic carbocycles. The van der Waals surface area contributed by atoms with Crippen molar-refractivity contribution >= 4 is 0 Å². The van der Waals surface area contributed by atoms with Crippen molar-refractivity contribution in [3.8, 4) is 6.07 Å². The molecule has 18 heavy (non-hydrogen) atoms. The standard InChI is InChI=1S/C14H17FN2O/c1-3-10-8-18-14(7-17-10)11-4-5-13(15)12(6-16)9(11)2/h4-5,10,14,17H,3,7-8H2,1-2H3. The number of nitriles is 1. The zero-order chi connectivity index (χ0) is 13.1. The van der Waals surface area contributed by atoms with E-state index in [9.17, 15) is 4.39 Å². The fraction of sp³-hybridized carbons (Fsp3) is 0.500. The summed E-state index contributed by atoms with van der Waals surface area (Å²) in [7, 11) is 0. The van der Waals surface area contributed by atoms with Crippen molar-refractivity contribution in [1.29, 1.82) is 5.26 Å². The summed E-state index contributed by atoms with van der Waals surface area (Å²) in [4.78, 5) is 0. The number of rotatable bonds is 2. The van der Waals surface area contributed by atoms with Gasteiger partial charge in [-0.25, -0.2) is 4.39 Å². The van der Waals surface area contributed by atoms with Gasteiger partial charge in [-0.2, -0.15) is 5.26 Å². The molecular formula is C14H17FN2O. The molecule has 4 heteroatoms. The lowest BCUT2D eigenvalue weighted by atomic mass is 9.97. The second kappa shape index (κ2) is 5.47. The molecule has 1 heterocycles. The van der Waals surface area contributed by atoms with Crippen LogP contribution in [0.3, 0.4) is 0 Å². The minimum atomic E-state index is -0.464. The van der Waals surface area contributed by atoms with Crippen LogP contribution >= 0.6 is 0 Å². The van der Waals surface area contributed by atoms with E-state index in [-0.39, 0.29) is 11.7 Å². The van der Waals surface area contributed by atoms with Gasteiger partial charge >= 0.3 is 0 Å². The van der Waals surface area contributed by atoms with Crippen molar-refractivity contribution in [3.05, 3.63) is 34.6 Å². The Morgan fingerprint density at radius 1 is 1.56 bits per heavy atom. The number of hydrogen-bond donors (Lipinski definition) is 1. The minimum absolute atomic E-state index is 0.0968. The lowest BCUT2D eigenvalue weighted by Gasteiger charge is -2.31. The maximum atomic E-state index is 13.4. The Labute approximate surface area is 107 Å². The second-order valence-corrected chi connectivity index (χ2v) is 4.58. The molecule has 1 aliphatic rings. The molecule has 96 valence electrons. The topological polar surface area (TPSA) is 45.0 Å². The SMILES string of the molecule is CCC1COC(c2ccc(F)c(C#N)c2C)CN1. The number of halogens is 1. The molecule has 2 atom stereocenters. The fourth-order valence-corrected chi connectivity index (χ4v) is 2.27. The Bertz CT molecular complexity index is 473. The average molecular weight is 248 g/mol. The molecule has 0 radical (unpaired) electrons. The Morgan fingerprint density at radius 3 is 2.89 bits per heavy atom. The van der Waals surface area contributed by atoms with Gasteiger partial charge in [-0.1, -0.05) is 13.0 Å². The molecular weight excluding hydrogens is 231 g/mol. The van der Waals surface area contributed by atoms with Crippen LogP contribution in [0.2, 0.25) is 0 Å². The number of nitrogens with zero attached hydrogens (tertiary/aromatic N) is 1. The highest BCUT2D eigenvalue weighted by Gasteiger charge is 2.24. The van der Waals surface area contributed by atoms with Crippen LogP contribution in [0, 0.1) is 24.1 Å². The predicted molar refractivity (Wildman–Crippen MR) is 66.6 cm³/mol. The van der Waals surface area contributed by atoms with E-state index in [0.29, 0.717) is 24.8 Å². The predicted octanol–water partition coefficient (Wildman–Crippen LogP) is 2.45. The van der Waals surface area contributed by atoms with Gasteiger partial charge in [0, 0.05) is 12.6 Å². The first-order valence-electron chi connectivity index (χ1n) is 6.21. The molecule has 1 saturated heterocycles. The van der Waals surface area contributed by atoms with E-state index in [1.165, 1.54) is 6.07 Å². The van der Waals surface area contributed by atoms with Crippen LogP contribution in [0.4, 0.5) is 4.39 Å². The molecule has 2 unspecified atom stereocenters. The first-order chi connectivity index (χ1) is 8.67. The zero-order valence-corrected chi connectivity index (χ0v) is 10.7. The summed E-state index contributed by atoms with van der Waals surface area (Å²) < 4.78 is 19.2. The van der Waals surface area contributed by atoms with Crippen LogP contribution in [-0.2, 0) is 4.74 Å². The van der Waals surface area contributed by atoms with E-state index in [0.717, 1.165) is 12.0 Å². The monoisotopic (exact) mass is 248 g/mol. The van der Waals surface area contributed by atoms with Gasteiger partial charge in [0.15, 0.2) is 0 Å². The number of benzene rings is 1. The molecule has 0 saturated carbocycles. The van der Waals surface area contributed by atoms with Crippen molar-refractivity contribution in [2.24, 2.45) is 0 Å². The summed E-state index contributed by atoms with van der Waals surface area (Å²) >= 11 is 0. The number of ether oxygens (including phenoxy) is 1. The van der Waals surface area contributed by atoms with Gasteiger partial charge < -0.3 is 10.1 Å². The molecule has 1 aromatic carbocycles. The van der Waals surface area contributed by atoms with Crippen molar-refractivity contribution in [2.45, 2.75) is 32.4 Å². The highest BCUT2D eigenvalue weighted by Crippen LogP contribution is 2.27.